The topological polar surface area (TPSA) is 137 Å². The molecule has 0 bridgehead atoms. The van der Waals surface area contributed by atoms with E-state index in [4.69, 9.17) is 25.7 Å². The van der Waals surface area contributed by atoms with Gasteiger partial charge in [-0.3, -0.25) is 15.0 Å². The summed E-state index contributed by atoms with van der Waals surface area (Å²) in [4.78, 5) is 27.9. The maximum absolute atomic E-state index is 9.75. The zero-order chi connectivity index (χ0) is 27.9. The first-order valence-electron chi connectivity index (χ1n) is 8.30. The number of nitrogens with zero attached hydrogens (tertiary/aromatic N) is 5. The summed E-state index contributed by atoms with van der Waals surface area (Å²) in [6.07, 6.45) is 5.45. The van der Waals surface area contributed by atoms with Crippen LogP contribution in [0, 0.1) is 16.5 Å². The Morgan fingerprint density at radius 2 is 0.778 bits per heavy atom. The van der Waals surface area contributed by atoms with Crippen LogP contribution >= 0.6 is 7.92 Å². The van der Waals surface area contributed by atoms with Crippen LogP contribution in [0.4, 0.5) is 34.5 Å². The Bertz CT molecular complexity index is 804. The second-order valence-corrected chi connectivity index (χ2v) is 6.93. The van der Waals surface area contributed by atoms with E-state index >= 15 is 0 Å². The summed E-state index contributed by atoms with van der Waals surface area (Å²) >= 11 is 0. The summed E-state index contributed by atoms with van der Waals surface area (Å²) in [5.74, 6) is 0. The van der Waals surface area contributed by atoms with E-state index in [9.17, 15) is 34.5 Å². The van der Waals surface area contributed by atoms with Crippen molar-refractivity contribution in [2.24, 2.45) is 0 Å². The van der Waals surface area contributed by atoms with Crippen molar-refractivity contribution in [2.75, 3.05) is 0 Å². The predicted octanol–water partition coefficient (Wildman–Crippen LogP) is 3.30. The van der Waals surface area contributed by atoms with Crippen molar-refractivity contribution in [3.8, 4) is 0 Å². The fourth-order valence-electron chi connectivity index (χ4n) is 1.81. The van der Waals surface area contributed by atoms with Crippen molar-refractivity contribution in [1.82, 2.24) is 26.1 Å². The largest absolute Gasteiger partial charge is 2.00 e. The molecule has 0 spiro atoms. The van der Waals surface area contributed by atoms with Gasteiger partial charge in [0, 0.05) is 26.5 Å². The Balaban J connectivity index is -0.000000253. The summed E-state index contributed by atoms with van der Waals surface area (Å²) < 4.78 is 85.5. The third kappa shape index (κ3) is 25.7. The molecule has 0 saturated heterocycles. The quantitative estimate of drug-likeness (QED) is 0.135. The van der Waals surface area contributed by atoms with Crippen LogP contribution in [0.5, 0.6) is 0 Å². The molecule has 0 fully saturated rings. The van der Waals surface area contributed by atoms with Crippen molar-refractivity contribution in [2.45, 2.75) is 0 Å². The summed E-state index contributed by atoms with van der Waals surface area (Å²) in [6, 6.07) is 17.9. The van der Waals surface area contributed by atoms with Gasteiger partial charge in [0.15, 0.2) is 0 Å². The van der Waals surface area contributed by atoms with Gasteiger partial charge in [0.25, 0.3) is 0 Å². The average molecular weight is 711 g/mol. The van der Waals surface area contributed by atoms with E-state index < -0.39 is 22.4 Å². The van der Waals surface area contributed by atoms with E-state index in [1.165, 1.54) is 0 Å². The summed E-state index contributed by atoms with van der Waals surface area (Å²) in [5, 5.41) is 0. The molecular formula is C16H12B2F8N5O3PW. The number of hydrogen-bond acceptors (Lipinski definition) is 5. The van der Waals surface area contributed by atoms with Gasteiger partial charge in [-0.15, -0.1) is 9.81 Å². The molecule has 8 nitrogen and oxygen atoms in total. The maximum Gasteiger partial charge on any atom is 2.00 e. The van der Waals surface area contributed by atoms with Crippen LogP contribution in [0.25, 0.3) is 0 Å². The maximum atomic E-state index is 9.75. The number of rotatable bonds is 3. The van der Waals surface area contributed by atoms with E-state index in [2.05, 4.69) is 21.6 Å². The van der Waals surface area contributed by atoms with Crippen LogP contribution in [0.15, 0.2) is 73.2 Å². The normalized spacial score (nSPS) is 9.19. The summed E-state index contributed by atoms with van der Waals surface area (Å²) in [6.45, 7) is 4.50. The molecule has 20 heteroatoms. The fraction of sp³-hybridized carbons (Fsp3) is 0. The van der Waals surface area contributed by atoms with Crippen LogP contribution < -0.4 is 27.5 Å². The minimum absolute atomic E-state index is 0. The van der Waals surface area contributed by atoms with Crippen LogP contribution in [-0.2, 0) is 25.7 Å². The molecular weight excluding hydrogens is 699 g/mol. The summed E-state index contributed by atoms with van der Waals surface area (Å²) in [5.41, 5.74) is 14.6. The van der Waals surface area contributed by atoms with E-state index in [0.717, 1.165) is 16.3 Å². The van der Waals surface area contributed by atoms with Crippen molar-refractivity contribution >= 4 is 38.7 Å². The number of hydrogen-bond donors (Lipinski definition) is 0. The second kappa shape index (κ2) is 23.8. The van der Waals surface area contributed by atoms with Gasteiger partial charge in [0.2, 0.25) is 0 Å². The molecule has 3 aromatic rings. The Kier molecular flexibility index (Phi) is 26.6. The third-order valence-corrected chi connectivity index (χ3v) is 4.80. The molecule has 0 aliphatic rings. The van der Waals surface area contributed by atoms with E-state index in [1.807, 2.05) is 73.2 Å². The van der Waals surface area contributed by atoms with Gasteiger partial charge in [0.05, 0.1) is 16.3 Å². The van der Waals surface area contributed by atoms with Crippen molar-refractivity contribution in [3.05, 3.63) is 89.7 Å². The van der Waals surface area contributed by atoms with Crippen LogP contribution in [0.1, 0.15) is 0 Å². The first-order chi connectivity index (χ1) is 16.4. The van der Waals surface area contributed by atoms with Gasteiger partial charge in [-0.05, 0) is 36.4 Å². The van der Waals surface area contributed by atoms with Crippen LogP contribution in [-0.4, -0.2) is 29.5 Å². The van der Waals surface area contributed by atoms with Crippen molar-refractivity contribution in [3.63, 3.8) is 0 Å². The molecule has 3 aromatic heterocycles. The molecule has 0 aromatic carbocycles. The van der Waals surface area contributed by atoms with Gasteiger partial charge in [-0.1, -0.05) is 18.2 Å². The average Bonchev–Trinajstić information content (AvgIpc) is 2.83. The van der Waals surface area contributed by atoms with Crippen LogP contribution in [0.2, 0.25) is 0 Å². The molecule has 0 atom stereocenters. The fourth-order valence-corrected chi connectivity index (χ4v) is 3.77. The molecule has 3 rings (SSSR count). The minimum atomic E-state index is -6.00. The molecule has 36 heavy (non-hydrogen) atoms. The summed E-state index contributed by atoms with van der Waals surface area (Å²) in [7, 11) is -12.8. The van der Waals surface area contributed by atoms with Gasteiger partial charge in [0.1, 0.15) is 11.2 Å². The molecule has 3 heterocycles. The van der Waals surface area contributed by atoms with Crippen LogP contribution in [0.3, 0.4) is 0 Å². The SMILES string of the molecule is F[B-](F)(F)F.F[B-](F)(F)F.[C-]#[O+].[N]=O.[N]=O.[W+2].c1ccc(P(c2ccccn2)c2ccccn2)nc1. The molecule has 0 amide bonds. The van der Waals surface area contributed by atoms with Gasteiger partial charge < -0.3 is 34.5 Å². The standard InChI is InChI=1S/C15H12N3P.CO.2BF4.2NO.W/c1-4-10-16-13(7-1)19(14-8-2-5-11-17-14)15-9-3-6-12-18-15;1-2;2*2-1(3,4)5;2*1-2;/h1-12H;;;;;;/q;;2*-1;;;+2. The van der Waals surface area contributed by atoms with Gasteiger partial charge in [-0.2, -0.15) is 0 Å². The van der Waals surface area contributed by atoms with Gasteiger partial charge in [-0.25, -0.2) is 0 Å². The minimum Gasteiger partial charge on any atom is -0.256 e. The Labute approximate surface area is 214 Å². The second-order valence-electron chi connectivity index (χ2n) is 4.89. The molecule has 2 radical (unpaired) electrons. The van der Waals surface area contributed by atoms with E-state index in [1.54, 1.807) is 0 Å². The number of pyridine rings is 3. The van der Waals surface area contributed by atoms with Crippen molar-refractivity contribution in [1.29, 1.82) is 0 Å². The number of nitroso groups, excluding NO2 is 2. The third-order valence-electron chi connectivity index (χ3n) is 2.64. The number of halogens is 8. The molecule has 0 aliphatic carbocycles. The molecule has 192 valence electrons. The Morgan fingerprint density at radius 3 is 0.917 bits per heavy atom. The molecule has 0 N–H and O–H groups in total. The zero-order valence-corrected chi connectivity index (χ0v) is 21.3. The smallest absolute Gasteiger partial charge is 0.256 e. The Morgan fingerprint density at radius 1 is 0.583 bits per heavy atom. The van der Waals surface area contributed by atoms with Gasteiger partial charge >= 0.3 is 46.9 Å². The monoisotopic (exact) mass is 711 g/mol. The van der Waals surface area contributed by atoms with Crippen molar-refractivity contribution < 1.29 is 60.2 Å². The van der Waals surface area contributed by atoms with E-state index in [-0.39, 0.29) is 21.1 Å². The predicted molar refractivity (Wildman–Crippen MR) is 114 cm³/mol. The molecule has 0 unspecified atom stereocenters. The van der Waals surface area contributed by atoms with E-state index in [0.29, 0.717) is 0 Å². The molecule has 0 saturated carbocycles. The molecule has 0 aliphatic heterocycles. The Hall–Kier alpha value is -2.92. The zero-order valence-electron chi connectivity index (χ0n) is 17.4. The first-order valence-corrected chi connectivity index (χ1v) is 9.64. The number of aromatic nitrogens is 3. The first kappa shape index (κ1) is 40.3.